The van der Waals surface area contributed by atoms with Crippen molar-refractivity contribution in [1.82, 2.24) is 0 Å². The Bertz CT molecular complexity index is 869. The van der Waals surface area contributed by atoms with Gasteiger partial charge in [0.1, 0.15) is 0 Å². The highest BCUT2D eigenvalue weighted by Crippen LogP contribution is 2.30. The molecule has 0 amide bonds. The molecule has 0 atom stereocenters. The third-order valence-corrected chi connectivity index (χ3v) is 3.86. The van der Waals surface area contributed by atoms with Gasteiger partial charge < -0.3 is 18.6 Å². The van der Waals surface area contributed by atoms with Gasteiger partial charge in [-0.15, -0.1) is 0 Å². The average molecular weight is 420 g/mol. The lowest BCUT2D eigenvalue weighted by Gasteiger charge is -2.12. The van der Waals surface area contributed by atoms with Crippen molar-refractivity contribution in [3.05, 3.63) is 52.0 Å². The molecule has 0 saturated heterocycles. The van der Waals surface area contributed by atoms with Gasteiger partial charge in [0, 0.05) is 0 Å². The highest BCUT2D eigenvalue weighted by atomic mass is 79.9. The zero-order chi connectivity index (χ0) is 18.5. The summed E-state index contributed by atoms with van der Waals surface area (Å²) in [5.74, 6) is 1.29. The summed E-state index contributed by atoms with van der Waals surface area (Å²) >= 11 is 3.21. The van der Waals surface area contributed by atoms with Crippen LogP contribution in [-0.4, -0.2) is 25.1 Å². The Kier molecular flexibility index (Phi) is 5.78. The molecule has 6 nitrogen and oxygen atoms in total. The van der Waals surface area contributed by atoms with Crippen LogP contribution in [0.15, 0.2) is 50.1 Å². The lowest BCUT2D eigenvalue weighted by atomic mass is 10.1. The standard InChI is InChI=1S/C19H18BrNO5/c1-3-9-24-14-6-5-12(11-16(14)23-4-2)10-13-19(22)26-18(21-13)15-7-8-17(20)25-15/h5-8,10-11H,3-4,9H2,1-2H3. The highest BCUT2D eigenvalue weighted by Gasteiger charge is 2.26. The van der Waals surface area contributed by atoms with Crippen molar-refractivity contribution in [2.75, 3.05) is 13.2 Å². The summed E-state index contributed by atoms with van der Waals surface area (Å²) in [6.07, 6.45) is 2.54. The lowest BCUT2D eigenvalue weighted by molar-refractivity contribution is -0.130. The van der Waals surface area contributed by atoms with Crippen molar-refractivity contribution in [2.45, 2.75) is 20.3 Å². The topological polar surface area (TPSA) is 70.3 Å². The first-order valence-electron chi connectivity index (χ1n) is 8.28. The van der Waals surface area contributed by atoms with Crippen molar-refractivity contribution in [3.63, 3.8) is 0 Å². The van der Waals surface area contributed by atoms with E-state index in [2.05, 4.69) is 20.9 Å². The Hall–Kier alpha value is -2.54. The van der Waals surface area contributed by atoms with E-state index in [1.165, 1.54) is 0 Å². The van der Waals surface area contributed by atoms with Gasteiger partial charge in [0.25, 0.3) is 5.90 Å². The van der Waals surface area contributed by atoms with E-state index in [9.17, 15) is 4.79 Å². The first-order chi connectivity index (χ1) is 12.6. The number of benzene rings is 1. The highest BCUT2D eigenvalue weighted by molar-refractivity contribution is 9.10. The van der Waals surface area contributed by atoms with Gasteiger partial charge in [-0.05, 0) is 65.2 Å². The van der Waals surface area contributed by atoms with Crippen LogP contribution in [0.2, 0.25) is 0 Å². The number of nitrogens with zero attached hydrogens (tertiary/aromatic N) is 1. The van der Waals surface area contributed by atoms with Crippen LogP contribution >= 0.6 is 15.9 Å². The predicted molar refractivity (Wildman–Crippen MR) is 100 cm³/mol. The van der Waals surface area contributed by atoms with Gasteiger partial charge >= 0.3 is 5.97 Å². The van der Waals surface area contributed by atoms with Crippen molar-refractivity contribution >= 4 is 33.9 Å². The first-order valence-corrected chi connectivity index (χ1v) is 9.08. The maximum atomic E-state index is 12.1. The number of hydrogen-bond acceptors (Lipinski definition) is 6. The van der Waals surface area contributed by atoms with E-state index < -0.39 is 5.97 Å². The van der Waals surface area contributed by atoms with Crippen molar-refractivity contribution in [3.8, 4) is 11.5 Å². The fourth-order valence-electron chi connectivity index (χ4n) is 2.32. The van der Waals surface area contributed by atoms with Crippen LogP contribution in [-0.2, 0) is 9.53 Å². The number of hydrogen-bond donors (Lipinski definition) is 0. The quantitative estimate of drug-likeness (QED) is 0.485. The molecular weight excluding hydrogens is 402 g/mol. The lowest BCUT2D eigenvalue weighted by Crippen LogP contribution is -2.04. The molecule has 26 heavy (non-hydrogen) atoms. The number of esters is 1. The number of carbonyl (C=O) groups excluding carboxylic acids is 1. The molecule has 0 radical (unpaired) electrons. The minimum atomic E-state index is -0.531. The van der Waals surface area contributed by atoms with Crippen LogP contribution in [0.25, 0.3) is 6.08 Å². The van der Waals surface area contributed by atoms with Crippen LogP contribution in [0, 0.1) is 0 Å². The Balaban J connectivity index is 1.87. The summed E-state index contributed by atoms with van der Waals surface area (Å²) in [7, 11) is 0. The van der Waals surface area contributed by atoms with Crippen LogP contribution in [0.3, 0.4) is 0 Å². The summed E-state index contributed by atoms with van der Waals surface area (Å²) in [5, 5.41) is 0. The minimum absolute atomic E-state index is 0.139. The van der Waals surface area contributed by atoms with E-state index in [0.29, 0.717) is 35.1 Å². The SMILES string of the molecule is CCCOc1ccc(C=C2N=C(c3ccc(Br)o3)OC2=O)cc1OCC. The van der Waals surface area contributed by atoms with E-state index in [0.717, 1.165) is 12.0 Å². The molecule has 1 aromatic carbocycles. The Labute approximate surface area is 159 Å². The first kappa shape index (κ1) is 18.3. The van der Waals surface area contributed by atoms with Crippen LogP contribution < -0.4 is 9.47 Å². The van der Waals surface area contributed by atoms with E-state index in [1.807, 2.05) is 32.0 Å². The number of furan rings is 1. The molecule has 0 aliphatic carbocycles. The third kappa shape index (κ3) is 4.16. The largest absolute Gasteiger partial charge is 0.490 e. The van der Waals surface area contributed by atoms with Gasteiger partial charge in [0.2, 0.25) is 0 Å². The average Bonchev–Trinajstić information content (AvgIpc) is 3.21. The summed E-state index contributed by atoms with van der Waals surface area (Å²) in [4.78, 5) is 16.3. The summed E-state index contributed by atoms with van der Waals surface area (Å²) in [5.41, 5.74) is 0.951. The van der Waals surface area contributed by atoms with Gasteiger partial charge in [-0.25, -0.2) is 9.79 Å². The van der Waals surface area contributed by atoms with Crippen molar-refractivity contribution < 1.29 is 23.4 Å². The van der Waals surface area contributed by atoms with Crippen LogP contribution in [0.4, 0.5) is 0 Å². The number of ether oxygens (including phenoxy) is 3. The van der Waals surface area contributed by atoms with Gasteiger partial charge in [0.15, 0.2) is 27.6 Å². The fraction of sp³-hybridized carbons (Fsp3) is 0.263. The van der Waals surface area contributed by atoms with Crippen molar-refractivity contribution in [2.24, 2.45) is 4.99 Å². The molecule has 7 heteroatoms. The molecule has 0 saturated carbocycles. The second-order valence-corrected chi connectivity index (χ2v) is 6.21. The molecule has 1 aliphatic rings. The van der Waals surface area contributed by atoms with Gasteiger partial charge in [0.05, 0.1) is 13.2 Å². The molecule has 0 bridgehead atoms. The molecule has 0 N–H and O–H groups in total. The maximum absolute atomic E-state index is 12.1. The number of halogens is 1. The van der Waals surface area contributed by atoms with E-state index in [-0.39, 0.29) is 11.6 Å². The molecule has 0 unspecified atom stereocenters. The number of carbonyl (C=O) groups is 1. The van der Waals surface area contributed by atoms with Crippen molar-refractivity contribution in [1.29, 1.82) is 0 Å². The molecule has 2 aromatic rings. The molecule has 1 aliphatic heterocycles. The minimum Gasteiger partial charge on any atom is -0.490 e. The summed E-state index contributed by atoms with van der Waals surface area (Å²) in [6, 6.07) is 8.85. The number of aliphatic imine (C=N–C) groups is 1. The second kappa shape index (κ2) is 8.23. The third-order valence-electron chi connectivity index (χ3n) is 3.44. The smallest absolute Gasteiger partial charge is 0.363 e. The number of rotatable bonds is 7. The van der Waals surface area contributed by atoms with Gasteiger partial charge in [-0.3, -0.25) is 0 Å². The van der Waals surface area contributed by atoms with E-state index >= 15 is 0 Å². The molecule has 0 spiro atoms. The zero-order valence-corrected chi connectivity index (χ0v) is 16.0. The summed E-state index contributed by atoms with van der Waals surface area (Å²) in [6.45, 7) is 5.07. The number of cyclic esters (lactones) is 1. The van der Waals surface area contributed by atoms with E-state index in [1.54, 1.807) is 18.2 Å². The molecule has 2 heterocycles. The second-order valence-electron chi connectivity index (χ2n) is 5.43. The molecular formula is C19H18BrNO5. The Morgan fingerprint density at radius 3 is 2.69 bits per heavy atom. The molecule has 3 rings (SSSR count). The predicted octanol–water partition coefficient (Wildman–Crippen LogP) is 4.57. The zero-order valence-electron chi connectivity index (χ0n) is 14.5. The fourth-order valence-corrected chi connectivity index (χ4v) is 2.62. The normalized spacial score (nSPS) is 15.1. The Morgan fingerprint density at radius 1 is 1.15 bits per heavy atom. The molecule has 1 aromatic heterocycles. The van der Waals surface area contributed by atoms with Gasteiger partial charge in [-0.1, -0.05) is 13.0 Å². The van der Waals surface area contributed by atoms with Gasteiger partial charge in [-0.2, -0.15) is 0 Å². The molecule has 0 fully saturated rings. The summed E-state index contributed by atoms with van der Waals surface area (Å²) < 4.78 is 22.4. The van der Waals surface area contributed by atoms with E-state index in [4.69, 9.17) is 18.6 Å². The Morgan fingerprint density at radius 2 is 2.00 bits per heavy atom. The van der Waals surface area contributed by atoms with Crippen LogP contribution in [0.5, 0.6) is 11.5 Å². The maximum Gasteiger partial charge on any atom is 0.363 e. The molecule has 136 valence electrons. The monoisotopic (exact) mass is 419 g/mol. The van der Waals surface area contributed by atoms with Crippen LogP contribution in [0.1, 0.15) is 31.6 Å².